The van der Waals surface area contributed by atoms with E-state index in [0.717, 1.165) is 26.1 Å². The van der Waals surface area contributed by atoms with Crippen LogP contribution in [0.3, 0.4) is 0 Å². The van der Waals surface area contributed by atoms with E-state index in [-0.39, 0.29) is 21.8 Å². The minimum absolute atomic E-state index is 0.00169. The van der Waals surface area contributed by atoms with Gasteiger partial charge in [-0.25, -0.2) is 18.4 Å². The standard InChI is InChI=1S/C19H20ClN5O2S2/c20-17-8-16(29(26,27)24-18-12-28-13-22-18)9-21-19(17)23-15-6-7-25(11-15)10-14-4-2-1-3-5-14/h1-5,8-9,12-13,15,24H,6-7,10-11H2,(H,21,23)/t15-/m1/s1. The van der Waals surface area contributed by atoms with Crippen molar-refractivity contribution in [3.8, 4) is 0 Å². The Bertz CT molecular complexity index is 1060. The van der Waals surface area contributed by atoms with E-state index >= 15 is 0 Å². The second-order valence-corrected chi connectivity index (χ2v) is 9.64. The highest BCUT2D eigenvalue weighted by Gasteiger charge is 2.24. The molecule has 0 saturated carbocycles. The van der Waals surface area contributed by atoms with Crippen molar-refractivity contribution in [2.45, 2.75) is 23.9 Å². The second-order valence-electron chi connectivity index (χ2n) is 6.83. The molecular formula is C19H20ClN5O2S2. The molecule has 4 rings (SSSR count). The van der Waals surface area contributed by atoms with Gasteiger partial charge in [-0.2, -0.15) is 0 Å². The van der Waals surface area contributed by atoms with Crippen LogP contribution < -0.4 is 10.0 Å². The molecule has 1 fully saturated rings. The third-order valence-electron chi connectivity index (χ3n) is 4.66. The van der Waals surface area contributed by atoms with Crippen molar-refractivity contribution in [2.24, 2.45) is 0 Å². The quantitative estimate of drug-likeness (QED) is 0.572. The number of hydrogen-bond acceptors (Lipinski definition) is 7. The first-order chi connectivity index (χ1) is 14.0. The van der Waals surface area contributed by atoms with Gasteiger partial charge in [0.2, 0.25) is 0 Å². The van der Waals surface area contributed by atoms with E-state index in [4.69, 9.17) is 11.6 Å². The highest BCUT2D eigenvalue weighted by atomic mass is 35.5. The zero-order valence-electron chi connectivity index (χ0n) is 15.5. The summed E-state index contributed by atoms with van der Waals surface area (Å²) in [6, 6.07) is 12.0. The third kappa shape index (κ3) is 5.05. The monoisotopic (exact) mass is 449 g/mol. The van der Waals surface area contributed by atoms with Crippen LogP contribution in [0.2, 0.25) is 5.02 Å². The molecular weight excluding hydrogens is 430 g/mol. The van der Waals surface area contributed by atoms with Crippen LogP contribution in [-0.4, -0.2) is 42.4 Å². The number of hydrogen-bond donors (Lipinski definition) is 2. The van der Waals surface area contributed by atoms with Gasteiger partial charge in [0, 0.05) is 37.3 Å². The fourth-order valence-electron chi connectivity index (χ4n) is 3.26. The molecule has 0 spiro atoms. The second kappa shape index (κ2) is 8.66. The van der Waals surface area contributed by atoms with E-state index in [1.807, 2.05) is 18.2 Å². The molecule has 1 saturated heterocycles. The van der Waals surface area contributed by atoms with Crippen LogP contribution in [-0.2, 0) is 16.6 Å². The highest BCUT2D eigenvalue weighted by molar-refractivity contribution is 7.92. The molecule has 1 aliphatic rings. The van der Waals surface area contributed by atoms with Gasteiger partial charge in [-0.05, 0) is 18.1 Å². The molecule has 0 unspecified atom stereocenters. The number of benzene rings is 1. The number of nitrogens with zero attached hydrogens (tertiary/aromatic N) is 3. The smallest absolute Gasteiger partial charge is 0.264 e. The first-order valence-electron chi connectivity index (χ1n) is 9.09. The molecule has 3 heterocycles. The maximum absolute atomic E-state index is 12.5. The average molecular weight is 450 g/mol. The predicted molar refractivity (Wildman–Crippen MR) is 116 cm³/mol. The molecule has 0 amide bonds. The third-order valence-corrected chi connectivity index (χ3v) is 6.86. The molecule has 1 aliphatic heterocycles. The van der Waals surface area contributed by atoms with Crippen LogP contribution in [0.4, 0.5) is 11.6 Å². The van der Waals surface area contributed by atoms with Crippen LogP contribution in [0.1, 0.15) is 12.0 Å². The van der Waals surface area contributed by atoms with Crippen molar-refractivity contribution in [1.29, 1.82) is 0 Å². The Morgan fingerprint density at radius 2 is 2.07 bits per heavy atom. The Morgan fingerprint density at radius 3 is 2.79 bits per heavy atom. The molecule has 152 valence electrons. The van der Waals surface area contributed by atoms with Crippen molar-refractivity contribution in [3.63, 3.8) is 0 Å². The molecule has 29 heavy (non-hydrogen) atoms. The number of anilines is 2. The number of rotatable bonds is 7. The average Bonchev–Trinajstić information content (AvgIpc) is 3.36. The number of likely N-dealkylation sites (tertiary alicyclic amines) is 1. The Hall–Kier alpha value is -2.20. The van der Waals surface area contributed by atoms with Gasteiger partial charge in [0.05, 0.1) is 10.5 Å². The summed E-state index contributed by atoms with van der Waals surface area (Å²) in [5.41, 5.74) is 2.84. The number of thiazole rings is 1. The minimum Gasteiger partial charge on any atom is -0.365 e. The summed E-state index contributed by atoms with van der Waals surface area (Å²) in [6.07, 6.45) is 2.27. The summed E-state index contributed by atoms with van der Waals surface area (Å²) < 4.78 is 27.3. The van der Waals surface area contributed by atoms with Gasteiger partial charge in [-0.1, -0.05) is 41.9 Å². The fourth-order valence-corrected chi connectivity index (χ4v) is 5.08. The van der Waals surface area contributed by atoms with Crippen molar-refractivity contribution in [1.82, 2.24) is 14.9 Å². The zero-order chi connectivity index (χ0) is 20.3. The van der Waals surface area contributed by atoms with Gasteiger partial charge in [-0.15, -0.1) is 11.3 Å². The molecule has 0 aliphatic carbocycles. The van der Waals surface area contributed by atoms with E-state index in [1.165, 1.54) is 29.2 Å². The maximum Gasteiger partial charge on any atom is 0.264 e. The van der Waals surface area contributed by atoms with Gasteiger partial charge in [-0.3, -0.25) is 9.62 Å². The van der Waals surface area contributed by atoms with Gasteiger partial charge in [0.1, 0.15) is 10.7 Å². The van der Waals surface area contributed by atoms with Gasteiger partial charge in [0.25, 0.3) is 10.0 Å². The highest BCUT2D eigenvalue weighted by Crippen LogP contribution is 2.26. The normalized spacial score (nSPS) is 17.3. The fraction of sp³-hybridized carbons (Fsp3) is 0.263. The molecule has 7 nitrogen and oxygen atoms in total. The van der Waals surface area contributed by atoms with Crippen LogP contribution in [0.25, 0.3) is 0 Å². The van der Waals surface area contributed by atoms with Crippen molar-refractivity contribution in [2.75, 3.05) is 23.1 Å². The van der Waals surface area contributed by atoms with Crippen LogP contribution in [0, 0.1) is 0 Å². The molecule has 0 radical (unpaired) electrons. The van der Waals surface area contributed by atoms with Gasteiger partial charge >= 0.3 is 0 Å². The Balaban J connectivity index is 1.39. The minimum atomic E-state index is -3.78. The Labute approximate surface area is 178 Å². The lowest BCUT2D eigenvalue weighted by molar-refractivity contribution is 0.328. The summed E-state index contributed by atoms with van der Waals surface area (Å²) in [6.45, 7) is 2.76. The molecule has 1 aromatic carbocycles. The summed E-state index contributed by atoms with van der Waals surface area (Å²) in [7, 11) is -3.78. The number of nitrogens with one attached hydrogen (secondary N) is 2. The summed E-state index contributed by atoms with van der Waals surface area (Å²) in [5.74, 6) is 0.767. The number of halogens is 1. The van der Waals surface area contributed by atoms with E-state index in [9.17, 15) is 8.42 Å². The molecule has 3 aromatic rings. The van der Waals surface area contributed by atoms with E-state index in [0.29, 0.717) is 5.82 Å². The zero-order valence-corrected chi connectivity index (χ0v) is 17.8. The van der Waals surface area contributed by atoms with E-state index < -0.39 is 10.0 Å². The summed E-state index contributed by atoms with van der Waals surface area (Å²) >= 11 is 7.62. The van der Waals surface area contributed by atoms with Gasteiger partial charge in [0.15, 0.2) is 5.82 Å². The number of aromatic nitrogens is 2. The predicted octanol–water partition coefficient (Wildman–Crippen LogP) is 3.68. The molecule has 0 bridgehead atoms. The topological polar surface area (TPSA) is 87.2 Å². The van der Waals surface area contributed by atoms with Crippen LogP contribution in [0.15, 0.2) is 58.4 Å². The Kier molecular flexibility index (Phi) is 6.00. The lowest BCUT2D eigenvalue weighted by Gasteiger charge is -2.18. The lowest BCUT2D eigenvalue weighted by atomic mass is 10.2. The van der Waals surface area contributed by atoms with Crippen molar-refractivity contribution >= 4 is 44.6 Å². The summed E-state index contributed by atoms with van der Waals surface area (Å²) in [4.78, 5) is 10.5. The number of sulfonamides is 1. The van der Waals surface area contributed by atoms with Crippen molar-refractivity contribution < 1.29 is 8.42 Å². The first kappa shape index (κ1) is 20.1. The largest absolute Gasteiger partial charge is 0.365 e. The van der Waals surface area contributed by atoms with Gasteiger partial charge < -0.3 is 5.32 Å². The van der Waals surface area contributed by atoms with E-state index in [1.54, 1.807) is 10.9 Å². The van der Waals surface area contributed by atoms with Crippen molar-refractivity contribution in [3.05, 3.63) is 64.1 Å². The molecule has 10 heteroatoms. The lowest BCUT2D eigenvalue weighted by Crippen LogP contribution is -2.26. The molecule has 2 aromatic heterocycles. The van der Waals surface area contributed by atoms with Crippen LogP contribution in [0.5, 0.6) is 0 Å². The SMILES string of the molecule is O=S(=O)(Nc1cscn1)c1cnc(N[C@@H]2CCN(Cc3ccccc3)C2)c(Cl)c1. The van der Waals surface area contributed by atoms with E-state index in [2.05, 4.69) is 37.0 Å². The first-order valence-corrected chi connectivity index (χ1v) is 11.9. The summed E-state index contributed by atoms with van der Waals surface area (Å²) in [5, 5.41) is 5.22. The molecule has 1 atom stereocenters. The molecule has 2 N–H and O–H groups in total. The maximum atomic E-state index is 12.5. The number of pyridine rings is 1. The Morgan fingerprint density at radius 1 is 1.24 bits per heavy atom. The van der Waals surface area contributed by atoms with Crippen LogP contribution >= 0.6 is 22.9 Å².